The predicted octanol–water partition coefficient (Wildman–Crippen LogP) is 1.93. The average Bonchev–Trinajstić information content (AvgIpc) is 2.33. The molecule has 0 radical (unpaired) electrons. The van der Waals surface area contributed by atoms with Crippen molar-refractivity contribution >= 4 is 6.29 Å². The zero-order chi connectivity index (χ0) is 6.69. The monoisotopic (exact) mass is 124 g/mol. The third-order valence-electron chi connectivity index (χ3n) is 1.99. The quantitative estimate of drug-likeness (QED) is 0.385. The van der Waals surface area contributed by atoms with Crippen molar-refractivity contribution < 1.29 is 4.79 Å². The molecule has 1 fully saturated rings. The summed E-state index contributed by atoms with van der Waals surface area (Å²) in [4.78, 5) is 10.3. The van der Waals surface area contributed by atoms with E-state index in [1.165, 1.54) is 12.0 Å². The van der Waals surface area contributed by atoms with Crippen molar-refractivity contribution in [3.63, 3.8) is 0 Å². The molecule has 0 heterocycles. The van der Waals surface area contributed by atoms with Gasteiger partial charge in [-0.2, -0.15) is 0 Å². The Morgan fingerprint density at radius 2 is 2.44 bits per heavy atom. The first-order valence-corrected chi connectivity index (χ1v) is 3.49. The van der Waals surface area contributed by atoms with Gasteiger partial charge in [0.05, 0.1) is 0 Å². The highest BCUT2D eigenvalue weighted by molar-refractivity contribution is 5.59. The molecule has 9 heavy (non-hydrogen) atoms. The molecule has 1 nitrogen and oxygen atoms in total. The third-order valence-corrected chi connectivity index (χ3v) is 1.99. The van der Waals surface area contributed by atoms with Crippen LogP contribution in [-0.4, -0.2) is 6.29 Å². The number of allylic oxidation sites excluding steroid dienone is 2. The number of carbonyl (C=O) groups excluding carboxylic acids is 1. The van der Waals surface area contributed by atoms with E-state index in [9.17, 15) is 4.79 Å². The van der Waals surface area contributed by atoms with E-state index in [1.807, 2.05) is 6.92 Å². The van der Waals surface area contributed by atoms with Crippen LogP contribution in [0.4, 0.5) is 0 Å². The van der Waals surface area contributed by atoms with Crippen LogP contribution in [-0.2, 0) is 4.79 Å². The number of carbonyl (C=O) groups is 1. The van der Waals surface area contributed by atoms with Gasteiger partial charge in [0.25, 0.3) is 0 Å². The van der Waals surface area contributed by atoms with E-state index in [2.05, 4.69) is 6.08 Å². The molecule has 0 N–H and O–H groups in total. The Kier molecular flexibility index (Phi) is 2.04. The molecule has 0 aromatic heterocycles. The van der Waals surface area contributed by atoms with Crippen molar-refractivity contribution in [1.29, 1.82) is 0 Å². The van der Waals surface area contributed by atoms with E-state index in [-0.39, 0.29) is 5.92 Å². The van der Waals surface area contributed by atoms with Crippen LogP contribution < -0.4 is 0 Å². The summed E-state index contributed by atoms with van der Waals surface area (Å²) in [6, 6.07) is 0. The molecule has 0 aromatic carbocycles. The molecule has 0 aliphatic heterocycles. The molecule has 1 saturated carbocycles. The average molecular weight is 124 g/mol. The van der Waals surface area contributed by atoms with Gasteiger partial charge < -0.3 is 4.79 Å². The topological polar surface area (TPSA) is 17.1 Å². The predicted molar refractivity (Wildman–Crippen MR) is 37.2 cm³/mol. The number of rotatable bonds is 1. The minimum absolute atomic E-state index is 0.259. The number of aldehydes is 1. The van der Waals surface area contributed by atoms with Gasteiger partial charge in [-0.25, -0.2) is 0 Å². The first kappa shape index (κ1) is 6.53. The zero-order valence-corrected chi connectivity index (χ0v) is 5.76. The van der Waals surface area contributed by atoms with Gasteiger partial charge in [-0.15, -0.1) is 0 Å². The van der Waals surface area contributed by atoms with Gasteiger partial charge in [0, 0.05) is 5.92 Å². The summed E-state index contributed by atoms with van der Waals surface area (Å²) < 4.78 is 0. The van der Waals surface area contributed by atoms with Gasteiger partial charge in [0.2, 0.25) is 0 Å². The summed E-state index contributed by atoms with van der Waals surface area (Å²) >= 11 is 0. The van der Waals surface area contributed by atoms with Crippen LogP contribution in [0.5, 0.6) is 0 Å². The van der Waals surface area contributed by atoms with Crippen molar-refractivity contribution in [3.05, 3.63) is 11.6 Å². The molecule has 0 bridgehead atoms. The largest absolute Gasteiger partial charge is 0.303 e. The Morgan fingerprint density at radius 3 is 2.89 bits per heavy atom. The van der Waals surface area contributed by atoms with E-state index in [0.717, 1.165) is 19.1 Å². The lowest BCUT2D eigenvalue weighted by atomic mass is 10.1. The second-order valence-electron chi connectivity index (χ2n) is 2.50. The minimum Gasteiger partial charge on any atom is -0.303 e. The highest BCUT2D eigenvalue weighted by Crippen LogP contribution is 2.28. The van der Waals surface area contributed by atoms with E-state index in [1.54, 1.807) is 0 Å². The molecule has 0 unspecified atom stereocenters. The Labute approximate surface area is 55.8 Å². The fourth-order valence-electron chi connectivity index (χ4n) is 1.41. The van der Waals surface area contributed by atoms with Gasteiger partial charge >= 0.3 is 0 Å². The Bertz CT molecular complexity index is 136. The molecule has 0 aromatic rings. The van der Waals surface area contributed by atoms with Gasteiger partial charge in [0.15, 0.2) is 0 Å². The molecule has 1 aliphatic rings. The lowest BCUT2D eigenvalue weighted by molar-refractivity contribution is -0.110. The third kappa shape index (κ3) is 1.21. The van der Waals surface area contributed by atoms with Crippen LogP contribution in [0.25, 0.3) is 0 Å². The summed E-state index contributed by atoms with van der Waals surface area (Å²) in [5.41, 5.74) is 1.34. The van der Waals surface area contributed by atoms with Crippen LogP contribution in [0.15, 0.2) is 11.6 Å². The van der Waals surface area contributed by atoms with Crippen LogP contribution in [0.1, 0.15) is 26.2 Å². The van der Waals surface area contributed by atoms with Crippen molar-refractivity contribution in [2.75, 3.05) is 0 Å². The molecule has 1 rings (SSSR count). The molecule has 0 amide bonds. The van der Waals surface area contributed by atoms with E-state index in [4.69, 9.17) is 0 Å². The van der Waals surface area contributed by atoms with Crippen LogP contribution >= 0.6 is 0 Å². The lowest BCUT2D eigenvalue weighted by Crippen LogP contribution is -1.96. The standard InChI is InChI=1S/C8H12O/c1-2-7-4-3-5-8(7)6-9/h2,6,8H,3-5H2,1H3/b7-2-/t8-/m0/s1. The summed E-state index contributed by atoms with van der Waals surface area (Å²) in [5.74, 6) is 0.259. The second kappa shape index (κ2) is 2.81. The highest BCUT2D eigenvalue weighted by Gasteiger charge is 2.18. The maximum absolute atomic E-state index is 10.3. The Balaban J connectivity index is 2.62. The van der Waals surface area contributed by atoms with Gasteiger partial charge in [-0.1, -0.05) is 11.6 Å². The van der Waals surface area contributed by atoms with Gasteiger partial charge in [-0.05, 0) is 26.2 Å². The maximum atomic E-state index is 10.3. The van der Waals surface area contributed by atoms with Crippen LogP contribution in [0.3, 0.4) is 0 Å². The Morgan fingerprint density at radius 1 is 1.67 bits per heavy atom. The molecular weight excluding hydrogens is 112 g/mol. The van der Waals surface area contributed by atoms with Crippen molar-refractivity contribution in [2.45, 2.75) is 26.2 Å². The SMILES string of the molecule is C/C=C1/CCC[C@H]1C=O. The first-order chi connectivity index (χ1) is 4.38. The summed E-state index contributed by atoms with van der Waals surface area (Å²) in [6.45, 7) is 2.01. The molecule has 1 aliphatic carbocycles. The second-order valence-corrected chi connectivity index (χ2v) is 2.50. The molecule has 0 spiro atoms. The van der Waals surface area contributed by atoms with Crippen LogP contribution in [0, 0.1) is 5.92 Å². The molecule has 1 heteroatoms. The molecule has 50 valence electrons. The minimum atomic E-state index is 0.259. The summed E-state index contributed by atoms with van der Waals surface area (Å²) in [6.07, 6.45) is 6.56. The van der Waals surface area contributed by atoms with E-state index >= 15 is 0 Å². The maximum Gasteiger partial charge on any atom is 0.127 e. The van der Waals surface area contributed by atoms with E-state index < -0.39 is 0 Å². The van der Waals surface area contributed by atoms with Crippen molar-refractivity contribution in [3.8, 4) is 0 Å². The normalized spacial score (nSPS) is 31.2. The lowest BCUT2D eigenvalue weighted by Gasteiger charge is -1.98. The van der Waals surface area contributed by atoms with E-state index in [0.29, 0.717) is 0 Å². The first-order valence-electron chi connectivity index (χ1n) is 3.49. The van der Waals surface area contributed by atoms with Gasteiger partial charge in [0.1, 0.15) is 6.29 Å². The van der Waals surface area contributed by atoms with Crippen molar-refractivity contribution in [2.24, 2.45) is 5.92 Å². The molecule has 0 saturated heterocycles. The molecule has 1 atom stereocenters. The van der Waals surface area contributed by atoms with Crippen molar-refractivity contribution in [1.82, 2.24) is 0 Å². The smallest absolute Gasteiger partial charge is 0.127 e. The van der Waals surface area contributed by atoms with Crippen LogP contribution in [0.2, 0.25) is 0 Å². The Hall–Kier alpha value is -0.590. The fourth-order valence-corrected chi connectivity index (χ4v) is 1.41. The fraction of sp³-hybridized carbons (Fsp3) is 0.625. The molecular formula is C8H12O. The number of hydrogen-bond acceptors (Lipinski definition) is 1. The summed E-state index contributed by atoms with van der Waals surface area (Å²) in [7, 11) is 0. The van der Waals surface area contributed by atoms with Gasteiger partial charge in [-0.3, -0.25) is 0 Å². The highest BCUT2D eigenvalue weighted by atomic mass is 16.1. The number of hydrogen-bond donors (Lipinski definition) is 0. The summed E-state index contributed by atoms with van der Waals surface area (Å²) in [5, 5.41) is 0. The zero-order valence-electron chi connectivity index (χ0n) is 5.76.